The molecule has 0 fully saturated rings. The molecule has 3 rings (SSSR count). The number of rotatable bonds is 7. The van der Waals surface area contributed by atoms with Gasteiger partial charge in [0, 0.05) is 5.56 Å². The van der Waals surface area contributed by atoms with E-state index in [1.807, 2.05) is 36.4 Å². The van der Waals surface area contributed by atoms with Crippen molar-refractivity contribution >= 4 is 5.78 Å². The van der Waals surface area contributed by atoms with E-state index >= 15 is 0 Å². The van der Waals surface area contributed by atoms with Gasteiger partial charge in [0.25, 0.3) is 0 Å². The topological polar surface area (TPSA) is 26.3 Å². The number of ether oxygens (including phenoxy) is 1. The summed E-state index contributed by atoms with van der Waals surface area (Å²) in [4.78, 5) is 11.4. The number of carbonyl (C=O) groups excluding carboxylic acids is 1. The fourth-order valence-corrected chi connectivity index (χ4v) is 2.83. The van der Waals surface area contributed by atoms with Crippen molar-refractivity contribution in [2.75, 3.05) is 6.61 Å². The molecule has 0 aliphatic rings. The predicted octanol–water partition coefficient (Wildman–Crippen LogP) is 6.40. The Hall–Kier alpha value is -2.87. The van der Waals surface area contributed by atoms with Gasteiger partial charge in [-0.05, 0) is 47.7 Å². The van der Waals surface area contributed by atoms with Crippen LogP contribution in [0.25, 0.3) is 22.3 Å². The summed E-state index contributed by atoms with van der Waals surface area (Å²) in [5.41, 5.74) is 5.34. The van der Waals surface area contributed by atoms with Crippen LogP contribution in [0.3, 0.4) is 0 Å². The SMILES string of the molecule is CCCCOc1ccc(-c2ccc(-c3ccc(C(C)=O)cc3)cc2)cc1. The molecule has 0 aliphatic heterocycles. The van der Waals surface area contributed by atoms with Crippen LogP contribution in [0, 0.1) is 0 Å². The van der Waals surface area contributed by atoms with Gasteiger partial charge in [-0.15, -0.1) is 0 Å². The third-order valence-corrected chi connectivity index (χ3v) is 4.46. The first-order valence-electron chi connectivity index (χ1n) is 9.12. The second kappa shape index (κ2) is 8.48. The molecule has 0 atom stereocenters. The standard InChI is InChI=1S/C24H24O2/c1-3-4-17-26-24-15-13-23(14-16-24)22-11-9-21(10-12-22)20-7-5-19(6-8-20)18(2)25/h5-16H,3-4,17H2,1-2H3. The van der Waals surface area contributed by atoms with Crippen molar-refractivity contribution in [2.45, 2.75) is 26.7 Å². The van der Waals surface area contributed by atoms with E-state index in [-0.39, 0.29) is 5.78 Å². The van der Waals surface area contributed by atoms with Gasteiger partial charge in [-0.25, -0.2) is 0 Å². The van der Waals surface area contributed by atoms with Crippen molar-refractivity contribution in [3.05, 3.63) is 78.4 Å². The molecular formula is C24H24O2. The van der Waals surface area contributed by atoms with Crippen LogP contribution in [0.5, 0.6) is 5.75 Å². The lowest BCUT2D eigenvalue weighted by Crippen LogP contribution is -1.95. The fourth-order valence-electron chi connectivity index (χ4n) is 2.83. The summed E-state index contributed by atoms with van der Waals surface area (Å²) in [6.45, 7) is 4.52. The minimum atomic E-state index is 0.0917. The predicted molar refractivity (Wildman–Crippen MR) is 108 cm³/mol. The van der Waals surface area contributed by atoms with Crippen LogP contribution in [0.1, 0.15) is 37.0 Å². The summed E-state index contributed by atoms with van der Waals surface area (Å²) in [5.74, 6) is 1.01. The molecule has 0 heterocycles. The zero-order valence-electron chi connectivity index (χ0n) is 15.4. The third-order valence-electron chi connectivity index (χ3n) is 4.46. The molecule has 2 heteroatoms. The van der Waals surface area contributed by atoms with Crippen LogP contribution in [-0.4, -0.2) is 12.4 Å². The van der Waals surface area contributed by atoms with E-state index in [0.717, 1.165) is 41.9 Å². The number of Topliss-reactive ketones (excluding diaryl/α,β-unsaturated/α-hetero) is 1. The number of carbonyl (C=O) groups is 1. The largest absolute Gasteiger partial charge is 0.494 e. The van der Waals surface area contributed by atoms with Crippen molar-refractivity contribution in [1.29, 1.82) is 0 Å². The van der Waals surface area contributed by atoms with E-state index in [1.54, 1.807) is 6.92 Å². The van der Waals surface area contributed by atoms with Gasteiger partial charge >= 0.3 is 0 Å². The second-order valence-corrected chi connectivity index (χ2v) is 6.44. The third kappa shape index (κ3) is 4.40. The highest BCUT2D eigenvalue weighted by Crippen LogP contribution is 2.26. The Morgan fingerprint density at radius 2 is 1.15 bits per heavy atom. The summed E-state index contributed by atoms with van der Waals surface area (Å²) in [6.07, 6.45) is 2.22. The van der Waals surface area contributed by atoms with Gasteiger partial charge in [0.05, 0.1) is 6.61 Å². The first-order chi connectivity index (χ1) is 12.7. The van der Waals surface area contributed by atoms with Crippen molar-refractivity contribution in [1.82, 2.24) is 0 Å². The van der Waals surface area contributed by atoms with E-state index in [2.05, 4.69) is 43.3 Å². The molecule has 0 amide bonds. The molecule has 0 saturated carbocycles. The normalized spacial score (nSPS) is 10.5. The lowest BCUT2D eigenvalue weighted by Gasteiger charge is -2.08. The van der Waals surface area contributed by atoms with Crippen LogP contribution >= 0.6 is 0 Å². The molecule has 0 saturated heterocycles. The number of unbranched alkanes of at least 4 members (excludes halogenated alkanes) is 1. The lowest BCUT2D eigenvalue weighted by atomic mass is 9.99. The molecular weight excluding hydrogens is 320 g/mol. The van der Waals surface area contributed by atoms with Gasteiger partial charge in [-0.2, -0.15) is 0 Å². The van der Waals surface area contributed by atoms with Crippen molar-refractivity contribution < 1.29 is 9.53 Å². The van der Waals surface area contributed by atoms with E-state index in [9.17, 15) is 4.79 Å². The lowest BCUT2D eigenvalue weighted by molar-refractivity contribution is 0.101. The molecule has 3 aromatic carbocycles. The molecule has 0 aromatic heterocycles. The minimum absolute atomic E-state index is 0.0917. The maximum atomic E-state index is 11.4. The summed E-state index contributed by atoms with van der Waals surface area (Å²) >= 11 is 0. The number of ketones is 1. The molecule has 132 valence electrons. The molecule has 26 heavy (non-hydrogen) atoms. The summed E-state index contributed by atoms with van der Waals surface area (Å²) < 4.78 is 5.72. The quantitative estimate of drug-likeness (QED) is 0.366. The van der Waals surface area contributed by atoms with Gasteiger partial charge in [-0.1, -0.05) is 74.0 Å². The minimum Gasteiger partial charge on any atom is -0.494 e. The molecule has 0 N–H and O–H groups in total. The van der Waals surface area contributed by atoms with Gasteiger partial charge in [-0.3, -0.25) is 4.79 Å². The zero-order chi connectivity index (χ0) is 18.4. The Kier molecular flexibility index (Phi) is 5.85. The first kappa shape index (κ1) is 17.9. The maximum absolute atomic E-state index is 11.4. The highest BCUT2D eigenvalue weighted by Gasteiger charge is 2.03. The van der Waals surface area contributed by atoms with Crippen LogP contribution in [0.15, 0.2) is 72.8 Å². The van der Waals surface area contributed by atoms with E-state index in [0.29, 0.717) is 0 Å². The van der Waals surface area contributed by atoms with Crippen LogP contribution in [0.2, 0.25) is 0 Å². The van der Waals surface area contributed by atoms with Crippen molar-refractivity contribution in [2.24, 2.45) is 0 Å². The fraction of sp³-hybridized carbons (Fsp3) is 0.208. The number of hydrogen-bond donors (Lipinski definition) is 0. The highest BCUT2D eigenvalue weighted by atomic mass is 16.5. The molecule has 3 aromatic rings. The molecule has 0 radical (unpaired) electrons. The van der Waals surface area contributed by atoms with Gasteiger partial charge in [0.15, 0.2) is 5.78 Å². The summed E-state index contributed by atoms with van der Waals surface area (Å²) in [7, 11) is 0. The smallest absolute Gasteiger partial charge is 0.159 e. The molecule has 2 nitrogen and oxygen atoms in total. The zero-order valence-corrected chi connectivity index (χ0v) is 15.4. The maximum Gasteiger partial charge on any atom is 0.159 e. The van der Waals surface area contributed by atoms with Crippen molar-refractivity contribution in [3.63, 3.8) is 0 Å². The molecule has 0 spiro atoms. The first-order valence-corrected chi connectivity index (χ1v) is 9.12. The van der Waals surface area contributed by atoms with E-state index in [1.165, 1.54) is 11.1 Å². The van der Waals surface area contributed by atoms with Gasteiger partial charge in [0.2, 0.25) is 0 Å². The van der Waals surface area contributed by atoms with E-state index in [4.69, 9.17) is 4.74 Å². The van der Waals surface area contributed by atoms with E-state index < -0.39 is 0 Å². The Morgan fingerprint density at radius 3 is 1.58 bits per heavy atom. The Bertz CT molecular complexity index is 844. The monoisotopic (exact) mass is 344 g/mol. The second-order valence-electron chi connectivity index (χ2n) is 6.44. The summed E-state index contributed by atoms with van der Waals surface area (Å²) in [5, 5.41) is 0. The molecule has 0 bridgehead atoms. The number of benzene rings is 3. The average molecular weight is 344 g/mol. The van der Waals surface area contributed by atoms with Crippen molar-refractivity contribution in [3.8, 4) is 28.0 Å². The van der Waals surface area contributed by atoms with Crippen LogP contribution < -0.4 is 4.74 Å². The Balaban J connectivity index is 1.71. The molecule has 0 aliphatic carbocycles. The summed E-state index contributed by atoms with van der Waals surface area (Å²) in [6, 6.07) is 24.5. The Labute approximate surface area is 155 Å². The number of hydrogen-bond acceptors (Lipinski definition) is 2. The average Bonchev–Trinajstić information content (AvgIpc) is 2.69. The molecule has 0 unspecified atom stereocenters. The highest BCUT2D eigenvalue weighted by molar-refractivity contribution is 5.94. The van der Waals surface area contributed by atoms with Gasteiger partial charge < -0.3 is 4.74 Å². The van der Waals surface area contributed by atoms with Crippen LogP contribution in [0.4, 0.5) is 0 Å². The van der Waals surface area contributed by atoms with Gasteiger partial charge in [0.1, 0.15) is 5.75 Å². The Morgan fingerprint density at radius 1 is 0.731 bits per heavy atom. The van der Waals surface area contributed by atoms with Crippen LogP contribution in [-0.2, 0) is 0 Å².